The highest BCUT2D eigenvalue weighted by Gasteiger charge is 2.44. The van der Waals surface area contributed by atoms with E-state index in [0.717, 1.165) is 16.8 Å². The number of Topliss-reactive ketones (excluding diaryl/α,β-unsaturated/α-hetero) is 1. The predicted octanol–water partition coefficient (Wildman–Crippen LogP) is 0.807. The van der Waals surface area contributed by atoms with Crippen molar-refractivity contribution in [3.05, 3.63) is 73.0 Å². The van der Waals surface area contributed by atoms with Crippen LogP contribution in [0.3, 0.4) is 0 Å². The van der Waals surface area contributed by atoms with Gasteiger partial charge in [-0.2, -0.15) is 0 Å². The Balaban J connectivity index is 1.57. The van der Waals surface area contributed by atoms with Crippen molar-refractivity contribution >= 4 is 34.9 Å². The molecule has 0 radical (unpaired) electrons. The van der Waals surface area contributed by atoms with Gasteiger partial charge in [0.1, 0.15) is 29.1 Å². The smallest absolute Gasteiger partial charge is 0.330 e. The van der Waals surface area contributed by atoms with E-state index in [2.05, 4.69) is 11.9 Å². The summed E-state index contributed by atoms with van der Waals surface area (Å²) >= 11 is 12.4. The molecule has 2 heterocycles. The molecule has 1 fully saturated rings. The fourth-order valence-electron chi connectivity index (χ4n) is 3.33. The molecule has 1 amide bonds. The normalized spacial score (nSPS) is 21.5. The van der Waals surface area contributed by atoms with Crippen molar-refractivity contribution in [3.8, 4) is 5.75 Å². The van der Waals surface area contributed by atoms with E-state index in [-0.39, 0.29) is 33.7 Å². The summed E-state index contributed by atoms with van der Waals surface area (Å²) in [5.74, 6) is -0.870. The number of rotatable bonds is 9. The van der Waals surface area contributed by atoms with Crippen LogP contribution in [-0.4, -0.2) is 62.9 Å². The van der Waals surface area contributed by atoms with E-state index < -0.39 is 48.3 Å². The van der Waals surface area contributed by atoms with Crippen LogP contribution in [0.4, 0.5) is 0 Å². The lowest BCUT2D eigenvalue weighted by molar-refractivity contribution is -0.124. The second kappa shape index (κ2) is 11.2. The molecule has 3 rings (SSSR count). The zero-order chi connectivity index (χ0) is 25.9. The number of hydrogen-bond donors (Lipinski definition) is 4. The van der Waals surface area contributed by atoms with E-state index in [9.17, 15) is 29.4 Å². The number of benzene rings is 1. The van der Waals surface area contributed by atoms with E-state index in [4.69, 9.17) is 32.7 Å². The van der Waals surface area contributed by atoms with Crippen molar-refractivity contribution in [2.75, 3.05) is 13.2 Å². The van der Waals surface area contributed by atoms with Gasteiger partial charge in [0, 0.05) is 24.4 Å². The Hall–Kier alpha value is -2.96. The van der Waals surface area contributed by atoms with Gasteiger partial charge < -0.3 is 25.0 Å². The SMILES string of the molecule is C=C(CC)C(=O)c1ccc(OCC(=O)NC[C@H]2O[C@@H](n3ccc(=O)[nH]c3=O)[C@H](O)[C@@H]2O)c(Cl)c1Cl. The Morgan fingerprint density at radius 2 is 1.91 bits per heavy atom. The standard InChI is InChI=1S/C22H23Cl2N3O8/c1-3-10(2)18(30)11-4-5-12(17(24)16(11)23)34-9-15(29)25-8-13-19(31)20(32)21(35-13)27-7-6-14(28)26-22(27)33/h4-7,13,19-21,31-32H,2-3,8-9H2,1H3,(H,25,29)(H,26,28,33)/t13-,19-,20-,21-/m1/s1. The molecular formula is C22H23Cl2N3O8. The molecule has 0 saturated carbocycles. The summed E-state index contributed by atoms with van der Waals surface area (Å²) in [4.78, 5) is 49.7. The van der Waals surface area contributed by atoms with Gasteiger partial charge in [0.15, 0.2) is 18.6 Å². The number of nitrogens with zero attached hydrogens (tertiary/aromatic N) is 1. The first kappa shape index (κ1) is 26.6. The minimum atomic E-state index is -1.48. The molecule has 188 valence electrons. The van der Waals surface area contributed by atoms with Gasteiger partial charge in [-0.05, 0) is 24.1 Å². The minimum absolute atomic E-state index is 0.0239. The van der Waals surface area contributed by atoms with Gasteiger partial charge >= 0.3 is 5.69 Å². The van der Waals surface area contributed by atoms with Crippen molar-refractivity contribution in [1.29, 1.82) is 0 Å². The van der Waals surface area contributed by atoms with Crippen LogP contribution >= 0.6 is 23.2 Å². The second-order valence-corrected chi connectivity index (χ2v) is 8.44. The maximum Gasteiger partial charge on any atom is 0.330 e. The van der Waals surface area contributed by atoms with Crippen molar-refractivity contribution in [3.63, 3.8) is 0 Å². The lowest BCUT2D eigenvalue weighted by atomic mass is 10.0. The van der Waals surface area contributed by atoms with Crippen LogP contribution in [0.1, 0.15) is 29.9 Å². The largest absolute Gasteiger partial charge is 0.482 e. The van der Waals surface area contributed by atoms with Crippen LogP contribution in [0.2, 0.25) is 10.0 Å². The quantitative estimate of drug-likeness (QED) is 0.275. The van der Waals surface area contributed by atoms with Crippen LogP contribution in [0.15, 0.2) is 46.1 Å². The molecule has 1 aliphatic heterocycles. The summed E-state index contributed by atoms with van der Waals surface area (Å²) in [6.45, 7) is 4.78. The Morgan fingerprint density at radius 1 is 1.20 bits per heavy atom. The number of ketones is 1. The first-order valence-electron chi connectivity index (χ1n) is 10.5. The highest BCUT2D eigenvalue weighted by Crippen LogP contribution is 2.35. The lowest BCUT2D eigenvalue weighted by Crippen LogP contribution is -2.41. The van der Waals surface area contributed by atoms with Crippen molar-refractivity contribution < 1.29 is 29.3 Å². The highest BCUT2D eigenvalue weighted by molar-refractivity contribution is 6.45. The van der Waals surface area contributed by atoms with E-state index >= 15 is 0 Å². The number of aromatic amines is 1. The molecule has 13 heteroatoms. The molecule has 0 spiro atoms. The van der Waals surface area contributed by atoms with E-state index in [0.29, 0.717) is 12.0 Å². The average molecular weight is 528 g/mol. The van der Waals surface area contributed by atoms with Crippen LogP contribution in [0.25, 0.3) is 0 Å². The molecule has 1 aliphatic rings. The summed E-state index contributed by atoms with van der Waals surface area (Å²) in [5, 5.41) is 22.9. The molecule has 1 aromatic heterocycles. The zero-order valence-corrected chi connectivity index (χ0v) is 20.0. The third kappa shape index (κ3) is 5.82. The number of carbonyl (C=O) groups excluding carboxylic acids is 2. The Morgan fingerprint density at radius 3 is 2.57 bits per heavy atom. The van der Waals surface area contributed by atoms with E-state index in [1.165, 1.54) is 12.1 Å². The second-order valence-electron chi connectivity index (χ2n) is 7.68. The summed E-state index contributed by atoms with van der Waals surface area (Å²) in [5.41, 5.74) is -0.918. The van der Waals surface area contributed by atoms with Crippen molar-refractivity contribution in [2.45, 2.75) is 37.9 Å². The van der Waals surface area contributed by atoms with Crippen LogP contribution < -0.4 is 21.3 Å². The fourth-order valence-corrected chi connectivity index (χ4v) is 3.79. The molecular weight excluding hydrogens is 505 g/mol. The summed E-state index contributed by atoms with van der Waals surface area (Å²) in [6, 6.07) is 3.90. The molecule has 4 atom stereocenters. The number of nitrogens with one attached hydrogen (secondary N) is 2. The van der Waals surface area contributed by atoms with Gasteiger partial charge in [-0.25, -0.2) is 4.79 Å². The van der Waals surface area contributed by atoms with Gasteiger partial charge in [-0.1, -0.05) is 36.7 Å². The van der Waals surface area contributed by atoms with Gasteiger partial charge in [-0.15, -0.1) is 0 Å². The van der Waals surface area contributed by atoms with Crippen molar-refractivity contribution in [2.24, 2.45) is 0 Å². The Kier molecular flexibility index (Phi) is 8.51. The third-order valence-corrected chi connectivity index (χ3v) is 6.23. The maximum atomic E-state index is 12.3. The average Bonchev–Trinajstić information content (AvgIpc) is 3.11. The summed E-state index contributed by atoms with van der Waals surface area (Å²) in [6.07, 6.45) is -3.64. The molecule has 2 aromatic rings. The molecule has 0 unspecified atom stereocenters. The maximum absolute atomic E-state index is 12.3. The number of halogens is 2. The number of allylic oxidation sites excluding steroid dienone is 1. The molecule has 35 heavy (non-hydrogen) atoms. The van der Waals surface area contributed by atoms with Crippen LogP contribution in [0, 0.1) is 0 Å². The Labute approximate surface area is 208 Å². The molecule has 1 saturated heterocycles. The van der Waals surface area contributed by atoms with Crippen LogP contribution in [-0.2, 0) is 9.53 Å². The topological polar surface area (TPSA) is 160 Å². The Bertz CT molecular complexity index is 1260. The van der Waals surface area contributed by atoms with Gasteiger partial charge in [-0.3, -0.25) is 23.9 Å². The molecule has 0 aliphatic carbocycles. The number of carbonyl (C=O) groups is 2. The fraction of sp³-hybridized carbons (Fsp3) is 0.364. The number of H-pyrrole nitrogens is 1. The first-order chi connectivity index (χ1) is 16.5. The minimum Gasteiger partial charge on any atom is -0.482 e. The predicted molar refractivity (Wildman–Crippen MR) is 126 cm³/mol. The lowest BCUT2D eigenvalue weighted by Gasteiger charge is -2.17. The molecule has 4 N–H and O–H groups in total. The molecule has 11 nitrogen and oxygen atoms in total. The number of hydrogen-bond acceptors (Lipinski definition) is 8. The van der Waals surface area contributed by atoms with Crippen molar-refractivity contribution in [1.82, 2.24) is 14.9 Å². The third-order valence-electron chi connectivity index (χ3n) is 5.36. The van der Waals surface area contributed by atoms with Crippen LogP contribution in [0.5, 0.6) is 5.75 Å². The first-order valence-corrected chi connectivity index (χ1v) is 11.2. The van der Waals surface area contributed by atoms with Gasteiger partial charge in [0.25, 0.3) is 11.5 Å². The van der Waals surface area contributed by atoms with Gasteiger partial charge in [0.05, 0.1) is 5.02 Å². The summed E-state index contributed by atoms with van der Waals surface area (Å²) < 4.78 is 11.8. The zero-order valence-electron chi connectivity index (χ0n) is 18.5. The van der Waals surface area contributed by atoms with E-state index in [1.54, 1.807) is 6.92 Å². The number of ether oxygens (including phenoxy) is 2. The van der Waals surface area contributed by atoms with Gasteiger partial charge in [0.2, 0.25) is 0 Å². The highest BCUT2D eigenvalue weighted by atomic mass is 35.5. The molecule has 1 aromatic carbocycles. The number of amides is 1. The number of aromatic nitrogens is 2. The number of aliphatic hydroxyl groups is 2. The number of aliphatic hydroxyl groups excluding tert-OH is 2. The monoisotopic (exact) mass is 527 g/mol. The molecule has 0 bridgehead atoms. The van der Waals surface area contributed by atoms with E-state index in [1.807, 2.05) is 4.98 Å². The summed E-state index contributed by atoms with van der Waals surface area (Å²) in [7, 11) is 0.